The Morgan fingerprint density at radius 3 is 2.38 bits per heavy atom. The van der Waals surface area contributed by atoms with Gasteiger partial charge in [0, 0.05) is 0 Å². The summed E-state index contributed by atoms with van der Waals surface area (Å²) in [5.74, 6) is 1.06. The molecule has 3 rings (SSSR count). The van der Waals surface area contributed by atoms with Crippen LogP contribution in [0.1, 0.15) is 61.0 Å². The Labute approximate surface area is 158 Å². The first kappa shape index (κ1) is 18.7. The van der Waals surface area contributed by atoms with Crippen LogP contribution in [-0.4, -0.2) is 30.4 Å². The van der Waals surface area contributed by atoms with Crippen molar-refractivity contribution in [2.75, 3.05) is 5.32 Å². The van der Waals surface area contributed by atoms with Gasteiger partial charge in [-0.25, -0.2) is 0 Å². The molecule has 3 aromatic heterocycles. The first-order chi connectivity index (χ1) is 12.0. The van der Waals surface area contributed by atoms with E-state index in [1.165, 1.54) is 10.8 Å². The van der Waals surface area contributed by atoms with Crippen LogP contribution < -0.4 is 11.1 Å². The van der Waals surface area contributed by atoms with Crippen molar-refractivity contribution < 1.29 is 9.21 Å². The van der Waals surface area contributed by atoms with Crippen molar-refractivity contribution >= 4 is 43.0 Å². The molecule has 0 unspecified atom stereocenters. The number of nitrogens with zero attached hydrogens (tertiary/aromatic N) is 2. The molecule has 138 valence electrons. The van der Waals surface area contributed by atoms with Crippen molar-refractivity contribution in [2.24, 2.45) is 5.73 Å². The second-order valence-electron chi connectivity index (χ2n) is 8.39. The number of hydrogen-bond donors (Lipinski definition) is 2. The third-order valence-electron chi connectivity index (χ3n) is 4.02. The number of furan rings is 1. The maximum absolute atomic E-state index is 11.9. The van der Waals surface area contributed by atoms with E-state index >= 15 is 0 Å². The molecule has 3 aromatic rings. The van der Waals surface area contributed by atoms with Crippen LogP contribution in [0.3, 0.4) is 0 Å². The summed E-state index contributed by atoms with van der Waals surface area (Å²) in [4.78, 5) is 20.5. The number of carbonyl (C=O) groups excluding carboxylic acids is 1. The molecular formula is C19H24N4O2Se. The van der Waals surface area contributed by atoms with Gasteiger partial charge in [-0.15, -0.1) is 0 Å². The van der Waals surface area contributed by atoms with Crippen LogP contribution in [0.2, 0.25) is 0 Å². The summed E-state index contributed by atoms with van der Waals surface area (Å²) in [6, 6.07) is 3.98. The van der Waals surface area contributed by atoms with E-state index in [0.717, 1.165) is 16.8 Å². The van der Waals surface area contributed by atoms with Crippen molar-refractivity contribution in [1.29, 1.82) is 0 Å². The molecule has 0 aliphatic carbocycles. The second-order valence-corrected chi connectivity index (χ2v) is 10.6. The number of hydrogen-bond acceptors (Lipinski definition) is 5. The normalized spacial score (nSPS) is 12.5. The fraction of sp³-hybridized carbons (Fsp3) is 0.421. The van der Waals surface area contributed by atoms with Gasteiger partial charge in [0.2, 0.25) is 0 Å². The van der Waals surface area contributed by atoms with Crippen LogP contribution >= 0.6 is 0 Å². The topological polar surface area (TPSA) is 94.0 Å². The molecule has 0 bridgehead atoms. The van der Waals surface area contributed by atoms with Crippen molar-refractivity contribution in [2.45, 2.75) is 52.4 Å². The number of anilines is 2. The molecule has 0 atom stereocenters. The summed E-state index contributed by atoms with van der Waals surface area (Å²) in [5, 5.41) is 4.08. The maximum atomic E-state index is 11.9. The predicted molar refractivity (Wildman–Crippen MR) is 104 cm³/mol. The second kappa shape index (κ2) is 6.25. The molecule has 6 nitrogen and oxygen atoms in total. The number of amides is 1. The third kappa shape index (κ3) is 3.55. The van der Waals surface area contributed by atoms with Crippen LogP contribution in [0.5, 0.6) is 0 Å². The molecule has 0 aliphatic heterocycles. The summed E-state index contributed by atoms with van der Waals surface area (Å²) in [6.07, 6.45) is 1.46. The first-order valence-electron chi connectivity index (χ1n) is 8.43. The minimum absolute atomic E-state index is 0.0137. The number of aromatic nitrogens is 2. The number of fused-ring (bicyclic) bond motifs is 1. The average Bonchev–Trinajstić information content (AvgIpc) is 3.10. The van der Waals surface area contributed by atoms with E-state index in [-0.39, 0.29) is 25.3 Å². The Balaban J connectivity index is 2.08. The summed E-state index contributed by atoms with van der Waals surface area (Å²) in [5.41, 5.74) is 6.72. The quantitative estimate of drug-likeness (QED) is 0.631. The van der Waals surface area contributed by atoms with E-state index in [4.69, 9.17) is 10.2 Å². The van der Waals surface area contributed by atoms with E-state index in [9.17, 15) is 4.79 Å². The molecule has 0 spiro atoms. The van der Waals surface area contributed by atoms with Crippen molar-refractivity contribution in [3.8, 4) is 0 Å². The number of nitrogens with one attached hydrogen (secondary N) is 1. The zero-order valence-electron chi connectivity index (χ0n) is 15.9. The predicted octanol–water partition coefficient (Wildman–Crippen LogP) is 3.72. The van der Waals surface area contributed by atoms with Crippen LogP contribution in [0.15, 0.2) is 22.9 Å². The Bertz CT molecular complexity index is 974. The summed E-state index contributed by atoms with van der Waals surface area (Å²) in [7, 11) is 0. The number of rotatable bonds is 3. The van der Waals surface area contributed by atoms with Crippen molar-refractivity contribution in [3.05, 3.63) is 33.1 Å². The number of carbonyl (C=O) groups is 1. The van der Waals surface area contributed by atoms with Gasteiger partial charge in [-0.05, 0) is 0 Å². The molecule has 0 aromatic carbocycles. The summed E-state index contributed by atoms with van der Waals surface area (Å²) >= 11 is -0.0917. The minimum atomic E-state index is -0.393. The number of primary amides is 1. The standard InChI is InChI=1S/C19H24N4O2Se/c1-18(2,3)12-7-10-16(21-9-22-17(10)25-12)23-11-8-13(19(4,5)6)26-14(11)15(20)24/h7-9H,1-6H3,(H2,20,24)(H,21,22,23). The van der Waals surface area contributed by atoms with E-state index < -0.39 is 5.91 Å². The molecule has 7 heteroatoms. The molecule has 3 N–H and O–H groups in total. The molecule has 0 aliphatic rings. The van der Waals surface area contributed by atoms with E-state index in [0.29, 0.717) is 16.0 Å². The van der Waals surface area contributed by atoms with Gasteiger partial charge in [0.1, 0.15) is 0 Å². The molecular weight excluding hydrogens is 395 g/mol. The summed E-state index contributed by atoms with van der Waals surface area (Å²) < 4.78 is 7.73. The van der Waals surface area contributed by atoms with Crippen molar-refractivity contribution in [3.63, 3.8) is 0 Å². The van der Waals surface area contributed by atoms with Crippen LogP contribution in [0.25, 0.3) is 11.1 Å². The van der Waals surface area contributed by atoms with Gasteiger partial charge in [0.25, 0.3) is 0 Å². The van der Waals surface area contributed by atoms with Gasteiger partial charge in [-0.3, -0.25) is 0 Å². The van der Waals surface area contributed by atoms with E-state index in [1.807, 2.05) is 12.1 Å². The van der Waals surface area contributed by atoms with E-state index in [1.54, 1.807) is 0 Å². The van der Waals surface area contributed by atoms with Crippen LogP contribution in [0, 0.1) is 0 Å². The fourth-order valence-corrected chi connectivity index (χ4v) is 4.64. The van der Waals surface area contributed by atoms with E-state index in [2.05, 4.69) is 56.8 Å². The fourth-order valence-electron chi connectivity index (χ4n) is 2.49. The molecule has 1 amide bonds. The van der Waals surface area contributed by atoms with Crippen LogP contribution in [-0.2, 0) is 10.8 Å². The third-order valence-corrected chi connectivity index (χ3v) is 7.32. The SMILES string of the molecule is CC(C)(C)c1cc2c(Nc3cc(C(C)(C)C)[se]c3C(N)=O)ncnc2o1. The summed E-state index contributed by atoms with van der Waals surface area (Å²) in [6.45, 7) is 12.6. The number of nitrogens with two attached hydrogens (primary N) is 1. The zero-order chi connectivity index (χ0) is 19.3. The van der Waals surface area contributed by atoms with Crippen LogP contribution in [0.4, 0.5) is 11.5 Å². The Morgan fingerprint density at radius 1 is 1.12 bits per heavy atom. The van der Waals surface area contributed by atoms with Gasteiger partial charge in [0.15, 0.2) is 0 Å². The first-order valence-corrected chi connectivity index (χ1v) is 10.1. The molecule has 0 fully saturated rings. The molecule has 0 saturated carbocycles. The molecule has 0 radical (unpaired) electrons. The van der Waals surface area contributed by atoms with Gasteiger partial charge >= 0.3 is 159 Å². The Kier molecular flexibility index (Phi) is 4.49. The Morgan fingerprint density at radius 2 is 1.81 bits per heavy atom. The molecule has 3 heterocycles. The van der Waals surface area contributed by atoms with Crippen molar-refractivity contribution in [1.82, 2.24) is 9.97 Å². The average molecular weight is 419 g/mol. The monoisotopic (exact) mass is 420 g/mol. The molecule has 26 heavy (non-hydrogen) atoms. The van der Waals surface area contributed by atoms with Gasteiger partial charge in [-0.2, -0.15) is 0 Å². The molecule has 0 saturated heterocycles. The Hall–Kier alpha value is -2.11. The van der Waals surface area contributed by atoms with Gasteiger partial charge in [0.05, 0.1) is 0 Å². The zero-order valence-corrected chi connectivity index (χ0v) is 17.6. The van der Waals surface area contributed by atoms with Gasteiger partial charge in [-0.1, -0.05) is 0 Å². The van der Waals surface area contributed by atoms with Gasteiger partial charge < -0.3 is 0 Å².